The first-order chi connectivity index (χ1) is 8.50. The Morgan fingerprint density at radius 2 is 2.11 bits per heavy atom. The lowest BCUT2D eigenvalue weighted by Crippen LogP contribution is -2.26. The van der Waals surface area contributed by atoms with Crippen molar-refractivity contribution in [3.63, 3.8) is 0 Å². The summed E-state index contributed by atoms with van der Waals surface area (Å²) in [6.07, 6.45) is 3.10. The molecule has 0 aliphatic rings. The molecular weight excluding hydrogens is 244 g/mol. The molecule has 1 aromatic rings. The highest BCUT2D eigenvalue weighted by Gasteiger charge is 2.16. The third-order valence-corrected chi connectivity index (χ3v) is 4.03. The summed E-state index contributed by atoms with van der Waals surface area (Å²) in [6.45, 7) is 8.06. The van der Waals surface area contributed by atoms with Gasteiger partial charge in [-0.1, -0.05) is 13.0 Å². The molecule has 3 nitrogen and oxygen atoms in total. The molecule has 0 bridgehead atoms. The van der Waals surface area contributed by atoms with Crippen molar-refractivity contribution in [1.82, 2.24) is 0 Å². The maximum atomic E-state index is 6.10. The topological polar surface area (TPSA) is 47.3 Å². The zero-order valence-electron chi connectivity index (χ0n) is 11.7. The zero-order chi connectivity index (χ0) is 13.6. The van der Waals surface area contributed by atoms with Gasteiger partial charge in [-0.2, -0.15) is 11.8 Å². The van der Waals surface area contributed by atoms with Gasteiger partial charge in [-0.25, -0.2) is 0 Å². The van der Waals surface area contributed by atoms with E-state index in [0.717, 1.165) is 24.4 Å². The van der Waals surface area contributed by atoms with Crippen LogP contribution in [0.25, 0.3) is 0 Å². The zero-order valence-corrected chi connectivity index (χ0v) is 12.6. The average molecular weight is 268 g/mol. The van der Waals surface area contributed by atoms with E-state index in [2.05, 4.69) is 32.3 Å². The van der Waals surface area contributed by atoms with Crippen LogP contribution in [0, 0.1) is 0 Å². The molecule has 0 amide bonds. The third kappa shape index (κ3) is 4.33. The highest BCUT2D eigenvalue weighted by Crippen LogP contribution is 2.30. The van der Waals surface area contributed by atoms with Crippen LogP contribution in [0.4, 0.5) is 11.4 Å². The molecule has 3 N–H and O–H groups in total. The molecule has 0 saturated carbocycles. The van der Waals surface area contributed by atoms with E-state index in [4.69, 9.17) is 10.5 Å². The van der Waals surface area contributed by atoms with E-state index in [9.17, 15) is 0 Å². The Bertz CT molecular complexity index is 380. The minimum Gasteiger partial charge on any atom is -0.491 e. The predicted octanol–water partition coefficient (Wildman–Crippen LogP) is 3.61. The van der Waals surface area contributed by atoms with Crippen LogP contribution in [0.15, 0.2) is 18.2 Å². The Morgan fingerprint density at radius 3 is 2.72 bits per heavy atom. The molecular formula is C14H24N2OS. The summed E-state index contributed by atoms with van der Waals surface area (Å²) in [4.78, 5) is 0. The van der Waals surface area contributed by atoms with Gasteiger partial charge in [-0.05, 0) is 38.7 Å². The van der Waals surface area contributed by atoms with Gasteiger partial charge in [-0.3, -0.25) is 0 Å². The number of para-hydroxylation sites is 1. The lowest BCUT2D eigenvalue weighted by molar-refractivity contribution is 0.319. The molecule has 1 rings (SSSR count). The van der Waals surface area contributed by atoms with E-state index in [-0.39, 0.29) is 4.75 Å². The fourth-order valence-electron chi connectivity index (χ4n) is 1.42. The lowest BCUT2D eigenvalue weighted by Gasteiger charge is -2.24. The summed E-state index contributed by atoms with van der Waals surface area (Å²) in [5, 5.41) is 3.40. The molecule has 0 radical (unpaired) electrons. The maximum absolute atomic E-state index is 6.10. The van der Waals surface area contributed by atoms with E-state index in [0.29, 0.717) is 12.3 Å². The number of nitrogen functional groups attached to an aromatic ring is 1. The first-order valence-corrected chi connectivity index (χ1v) is 7.53. The molecule has 0 unspecified atom stereocenters. The van der Waals surface area contributed by atoms with E-state index >= 15 is 0 Å². The Kier molecular flexibility index (Phi) is 5.66. The molecule has 0 saturated heterocycles. The summed E-state index contributed by atoms with van der Waals surface area (Å²) in [7, 11) is 0. The SMILES string of the molecule is CCCOc1cccc(NCC(C)(C)SC)c1N. The van der Waals surface area contributed by atoms with Crippen molar-refractivity contribution in [3.8, 4) is 5.75 Å². The van der Waals surface area contributed by atoms with Crippen molar-refractivity contribution in [2.45, 2.75) is 31.9 Å². The standard InChI is InChI=1S/C14H24N2OS/c1-5-9-17-12-8-6-7-11(13(12)15)16-10-14(2,3)18-4/h6-8,16H,5,9-10,15H2,1-4H3. The van der Waals surface area contributed by atoms with E-state index in [1.54, 1.807) is 0 Å². The molecule has 0 atom stereocenters. The monoisotopic (exact) mass is 268 g/mol. The van der Waals surface area contributed by atoms with E-state index < -0.39 is 0 Å². The second kappa shape index (κ2) is 6.78. The summed E-state index contributed by atoms with van der Waals surface area (Å²) in [5.74, 6) is 0.767. The van der Waals surface area contributed by atoms with Crippen LogP contribution in [0.5, 0.6) is 5.75 Å². The van der Waals surface area contributed by atoms with Crippen molar-refractivity contribution in [2.24, 2.45) is 0 Å². The van der Waals surface area contributed by atoms with Gasteiger partial charge < -0.3 is 15.8 Å². The van der Waals surface area contributed by atoms with Gasteiger partial charge in [0.2, 0.25) is 0 Å². The first-order valence-electron chi connectivity index (χ1n) is 6.30. The summed E-state index contributed by atoms with van der Waals surface area (Å²) < 4.78 is 5.80. The number of benzene rings is 1. The number of thioether (sulfide) groups is 1. The molecule has 0 aliphatic heterocycles. The van der Waals surface area contributed by atoms with Crippen molar-refractivity contribution < 1.29 is 4.74 Å². The van der Waals surface area contributed by atoms with Crippen LogP contribution in [-0.2, 0) is 0 Å². The largest absolute Gasteiger partial charge is 0.491 e. The minimum absolute atomic E-state index is 0.187. The molecule has 0 fully saturated rings. The normalized spacial score (nSPS) is 11.3. The van der Waals surface area contributed by atoms with Crippen LogP contribution in [0.2, 0.25) is 0 Å². The Balaban J connectivity index is 2.71. The number of anilines is 2. The molecule has 1 aromatic carbocycles. The van der Waals surface area contributed by atoms with Crippen molar-refractivity contribution in [3.05, 3.63) is 18.2 Å². The molecule has 102 valence electrons. The van der Waals surface area contributed by atoms with E-state index in [1.165, 1.54) is 0 Å². The van der Waals surface area contributed by atoms with E-state index in [1.807, 2.05) is 30.0 Å². The molecule has 0 aromatic heterocycles. The van der Waals surface area contributed by atoms with Crippen LogP contribution in [0.1, 0.15) is 27.2 Å². The quantitative estimate of drug-likeness (QED) is 0.742. The number of hydrogen-bond donors (Lipinski definition) is 2. The highest BCUT2D eigenvalue weighted by molar-refractivity contribution is 7.99. The summed E-state index contributed by atoms with van der Waals surface area (Å²) >= 11 is 1.84. The van der Waals surface area contributed by atoms with Crippen molar-refractivity contribution >= 4 is 23.1 Å². The second-order valence-corrected chi connectivity index (χ2v) is 6.40. The Hall–Kier alpha value is -1.03. The third-order valence-electron chi connectivity index (χ3n) is 2.78. The van der Waals surface area contributed by atoms with Gasteiger partial charge in [0, 0.05) is 11.3 Å². The van der Waals surface area contributed by atoms with Gasteiger partial charge in [0.25, 0.3) is 0 Å². The van der Waals surface area contributed by atoms with Gasteiger partial charge in [0.1, 0.15) is 5.75 Å². The summed E-state index contributed by atoms with van der Waals surface area (Å²) in [6, 6.07) is 5.87. The molecule has 18 heavy (non-hydrogen) atoms. The first kappa shape index (κ1) is 15.0. The fraction of sp³-hybridized carbons (Fsp3) is 0.571. The van der Waals surface area contributed by atoms with Crippen molar-refractivity contribution in [2.75, 3.05) is 30.5 Å². The lowest BCUT2D eigenvalue weighted by atomic mass is 10.2. The van der Waals surface area contributed by atoms with Gasteiger partial charge in [0.15, 0.2) is 0 Å². The smallest absolute Gasteiger partial charge is 0.144 e. The molecule has 0 aliphatic carbocycles. The highest BCUT2D eigenvalue weighted by atomic mass is 32.2. The number of hydrogen-bond acceptors (Lipinski definition) is 4. The van der Waals surface area contributed by atoms with Crippen LogP contribution in [-0.4, -0.2) is 24.2 Å². The number of nitrogens with one attached hydrogen (secondary N) is 1. The van der Waals surface area contributed by atoms with Crippen LogP contribution in [0.3, 0.4) is 0 Å². The Morgan fingerprint density at radius 1 is 1.39 bits per heavy atom. The van der Waals surface area contributed by atoms with Gasteiger partial charge >= 0.3 is 0 Å². The van der Waals surface area contributed by atoms with Gasteiger partial charge in [-0.15, -0.1) is 0 Å². The fourth-order valence-corrected chi connectivity index (χ4v) is 1.63. The minimum atomic E-state index is 0.187. The second-order valence-electron chi connectivity index (χ2n) is 4.88. The average Bonchev–Trinajstić information content (AvgIpc) is 2.36. The predicted molar refractivity (Wildman–Crippen MR) is 82.7 cm³/mol. The van der Waals surface area contributed by atoms with Crippen LogP contribution >= 0.6 is 11.8 Å². The molecule has 0 heterocycles. The Labute approximate surface area is 114 Å². The van der Waals surface area contributed by atoms with Crippen molar-refractivity contribution in [1.29, 1.82) is 0 Å². The number of ether oxygens (including phenoxy) is 1. The summed E-state index contributed by atoms with van der Waals surface area (Å²) in [5.41, 5.74) is 7.75. The number of nitrogens with two attached hydrogens (primary N) is 1. The molecule has 0 spiro atoms. The van der Waals surface area contributed by atoms with Gasteiger partial charge in [0.05, 0.1) is 18.0 Å². The maximum Gasteiger partial charge on any atom is 0.144 e. The number of rotatable bonds is 7. The molecule has 4 heteroatoms. The van der Waals surface area contributed by atoms with Crippen LogP contribution < -0.4 is 15.8 Å².